The zero-order valence-electron chi connectivity index (χ0n) is 19.4. The molecule has 1 aromatic heterocycles. The Morgan fingerprint density at radius 3 is 2.53 bits per heavy atom. The van der Waals surface area contributed by atoms with E-state index in [1.165, 1.54) is 16.9 Å². The van der Waals surface area contributed by atoms with Crippen molar-refractivity contribution in [3.63, 3.8) is 0 Å². The highest BCUT2D eigenvalue weighted by atomic mass is 32.1. The molecule has 5 nitrogen and oxygen atoms in total. The molecule has 2 aromatic carbocycles. The predicted molar refractivity (Wildman–Crippen MR) is 132 cm³/mol. The number of aromatic nitrogens is 1. The van der Waals surface area contributed by atoms with E-state index in [1.54, 1.807) is 0 Å². The van der Waals surface area contributed by atoms with Gasteiger partial charge in [-0.3, -0.25) is 4.79 Å². The van der Waals surface area contributed by atoms with Crippen LogP contribution in [0.15, 0.2) is 42.5 Å². The lowest BCUT2D eigenvalue weighted by atomic mass is 10.1. The molecule has 0 saturated carbocycles. The summed E-state index contributed by atoms with van der Waals surface area (Å²) in [4.78, 5) is 18.3. The second-order valence-corrected chi connectivity index (χ2v) is 8.96. The lowest BCUT2D eigenvalue weighted by Gasteiger charge is -2.13. The van der Waals surface area contributed by atoms with Crippen LogP contribution in [0.25, 0.3) is 11.3 Å². The van der Waals surface area contributed by atoms with Crippen LogP contribution in [0.1, 0.15) is 49.1 Å². The molecule has 3 aromatic rings. The Kier molecular flexibility index (Phi) is 8.68. The standard InChI is InChI=1S/C26H32N2O3S/c1-5-7-16-31-22-14-10-20(17-23(22)30-6-2)11-15-24(29)27-26-28-25(19(4)32-26)21-12-8-18(3)9-13-21/h8-10,12-14,17H,5-7,11,15-16H2,1-4H3,(H,27,28,29). The molecule has 0 saturated heterocycles. The summed E-state index contributed by atoms with van der Waals surface area (Å²) in [5.41, 5.74) is 4.24. The highest BCUT2D eigenvalue weighted by molar-refractivity contribution is 7.16. The van der Waals surface area contributed by atoms with Crippen molar-refractivity contribution in [1.82, 2.24) is 4.98 Å². The third kappa shape index (κ3) is 6.57. The Bertz CT molecular complexity index is 1030. The van der Waals surface area contributed by atoms with Gasteiger partial charge >= 0.3 is 0 Å². The summed E-state index contributed by atoms with van der Waals surface area (Å²) in [6, 6.07) is 14.2. The Balaban J connectivity index is 1.59. The highest BCUT2D eigenvalue weighted by Crippen LogP contribution is 2.31. The van der Waals surface area contributed by atoms with Gasteiger partial charge in [-0.05, 0) is 51.3 Å². The molecule has 0 unspecified atom stereocenters. The van der Waals surface area contributed by atoms with Crippen molar-refractivity contribution in [2.75, 3.05) is 18.5 Å². The Morgan fingerprint density at radius 1 is 1.03 bits per heavy atom. The number of carbonyl (C=O) groups is 1. The topological polar surface area (TPSA) is 60.5 Å². The number of carbonyl (C=O) groups excluding carboxylic acids is 1. The van der Waals surface area contributed by atoms with Gasteiger partial charge in [0, 0.05) is 16.9 Å². The summed E-state index contributed by atoms with van der Waals surface area (Å²) in [7, 11) is 0. The maximum Gasteiger partial charge on any atom is 0.226 e. The number of hydrogen-bond acceptors (Lipinski definition) is 5. The molecule has 1 amide bonds. The van der Waals surface area contributed by atoms with Gasteiger partial charge in [-0.25, -0.2) is 4.98 Å². The minimum atomic E-state index is -0.0459. The fourth-order valence-corrected chi connectivity index (χ4v) is 4.14. The number of benzene rings is 2. The van der Waals surface area contributed by atoms with Crippen LogP contribution in [0.2, 0.25) is 0 Å². The summed E-state index contributed by atoms with van der Waals surface area (Å²) in [5.74, 6) is 1.45. The maximum absolute atomic E-state index is 12.5. The molecule has 170 valence electrons. The fourth-order valence-electron chi connectivity index (χ4n) is 3.29. The van der Waals surface area contributed by atoms with Crippen LogP contribution in [0, 0.1) is 13.8 Å². The molecule has 3 rings (SSSR count). The van der Waals surface area contributed by atoms with Crippen molar-refractivity contribution >= 4 is 22.4 Å². The van der Waals surface area contributed by atoms with Crippen molar-refractivity contribution in [2.24, 2.45) is 0 Å². The quantitative estimate of drug-likeness (QED) is 0.334. The van der Waals surface area contributed by atoms with Gasteiger partial charge < -0.3 is 14.8 Å². The second-order valence-electron chi connectivity index (χ2n) is 7.75. The number of anilines is 1. The monoisotopic (exact) mass is 452 g/mol. The molecule has 0 fully saturated rings. The van der Waals surface area contributed by atoms with Crippen LogP contribution in [-0.4, -0.2) is 24.1 Å². The predicted octanol–water partition coefficient (Wildman–Crippen LogP) is 6.58. The van der Waals surface area contributed by atoms with Gasteiger partial charge in [0.15, 0.2) is 16.6 Å². The summed E-state index contributed by atoms with van der Waals surface area (Å²) < 4.78 is 11.6. The first-order valence-corrected chi connectivity index (χ1v) is 12.0. The lowest BCUT2D eigenvalue weighted by Crippen LogP contribution is -2.12. The first-order valence-electron chi connectivity index (χ1n) is 11.2. The minimum absolute atomic E-state index is 0.0459. The van der Waals surface area contributed by atoms with E-state index in [2.05, 4.69) is 48.4 Å². The van der Waals surface area contributed by atoms with E-state index in [-0.39, 0.29) is 5.91 Å². The van der Waals surface area contributed by atoms with Crippen molar-refractivity contribution in [3.05, 3.63) is 58.5 Å². The smallest absolute Gasteiger partial charge is 0.226 e. The maximum atomic E-state index is 12.5. The molecular formula is C26H32N2O3S. The largest absolute Gasteiger partial charge is 0.490 e. The third-order valence-electron chi connectivity index (χ3n) is 5.07. The number of amides is 1. The van der Waals surface area contributed by atoms with Crippen LogP contribution in [-0.2, 0) is 11.2 Å². The normalized spacial score (nSPS) is 10.8. The number of ether oxygens (including phenoxy) is 2. The Morgan fingerprint density at radius 2 is 1.81 bits per heavy atom. The van der Waals surface area contributed by atoms with Gasteiger partial charge in [-0.1, -0.05) is 49.2 Å². The van der Waals surface area contributed by atoms with Crippen LogP contribution in [0.4, 0.5) is 5.13 Å². The van der Waals surface area contributed by atoms with E-state index in [0.717, 1.165) is 46.0 Å². The van der Waals surface area contributed by atoms with E-state index in [4.69, 9.17) is 9.47 Å². The first kappa shape index (κ1) is 23.8. The van der Waals surface area contributed by atoms with Gasteiger partial charge in [0.2, 0.25) is 5.91 Å². The molecule has 6 heteroatoms. The summed E-state index contributed by atoms with van der Waals surface area (Å²) >= 11 is 1.50. The van der Waals surface area contributed by atoms with E-state index in [9.17, 15) is 4.79 Å². The molecule has 0 aliphatic heterocycles. The van der Waals surface area contributed by atoms with E-state index in [1.807, 2.05) is 32.0 Å². The van der Waals surface area contributed by atoms with E-state index in [0.29, 0.717) is 31.2 Å². The second kappa shape index (κ2) is 11.7. The molecule has 0 spiro atoms. The molecule has 32 heavy (non-hydrogen) atoms. The number of hydrogen-bond donors (Lipinski definition) is 1. The molecule has 1 heterocycles. The summed E-state index contributed by atoms with van der Waals surface area (Å²) in [6.45, 7) is 9.43. The van der Waals surface area contributed by atoms with Gasteiger partial charge in [0.1, 0.15) is 0 Å². The highest BCUT2D eigenvalue weighted by Gasteiger charge is 2.13. The summed E-state index contributed by atoms with van der Waals surface area (Å²) in [5, 5.41) is 3.59. The molecule has 0 aliphatic rings. The van der Waals surface area contributed by atoms with Crippen LogP contribution >= 0.6 is 11.3 Å². The van der Waals surface area contributed by atoms with Crippen molar-refractivity contribution < 1.29 is 14.3 Å². The Labute approximate surface area is 194 Å². The van der Waals surface area contributed by atoms with Gasteiger partial charge in [-0.15, -0.1) is 11.3 Å². The molecular weight excluding hydrogens is 420 g/mol. The average Bonchev–Trinajstić information content (AvgIpc) is 3.14. The number of rotatable bonds is 11. The molecule has 0 aliphatic carbocycles. The molecule has 0 bridgehead atoms. The minimum Gasteiger partial charge on any atom is -0.490 e. The van der Waals surface area contributed by atoms with Crippen LogP contribution in [0.5, 0.6) is 11.5 Å². The van der Waals surface area contributed by atoms with Gasteiger partial charge in [-0.2, -0.15) is 0 Å². The molecule has 1 N–H and O–H groups in total. The number of nitrogens with zero attached hydrogens (tertiary/aromatic N) is 1. The fraction of sp³-hybridized carbons (Fsp3) is 0.385. The van der Waals surface area contributed by atoms with Gasteiger partial charge in [0.25, 0.3) is 0 Å². The van der Waals surface area contributed by atoms with E-state index < -0.39 is 0 Å². The molecule has 0 atom stereocenters. The van der Waals surface area contributed by atoms with Crippen molar-refractivity contribution in [2.45, 2.75) is 53.4 Å². The van der Waals surface area contributed by atoms with Crippen LogP contribution < -0.4 is 14.8 Å². The zero-order chi connectivity index (χ0) is 22.9. The number of aryl methyl sites for hydroxylation is 3. The third-order valence-corrected chi connectivity index (χ3v) is 5.96. The van der Waals surface area contributed by atoms with Gasteiger partial charge in [0.05, 0.1) is 18.9 Å². The first-order chi connectivity index (χ1) is 15.5. The SMILES string of the molecule is CCCCOc1ccc(CCC(=O)Nc2nc(-c3ccc(C)cc3)c(C)s2)cc1OCC. The number of nitrogens with one attached hydrogen (secondary N) is 1. The summed E-state index contributed by atoms with van der Waals surface area (Å²) in [6.07, 6.45) is 3.09. The average molecular weight is 453 g/mol. The molecule has 0 radical (unpaired) electrons. The van der Waals surface area contributed by atoms with Crippen molar-refractivity contribution in [1.29, 1.82) is 0 Å². The number of unbranched alkanes of at least 4 members (excludes halogenated alkanes) is 1. The lowest BCUT2D eigenvalue weighted by molar-refractivity contribution is -0.116. The Hall–Kier alpha value is -2.86. The van der Waals surface area contributed by atoms with Crippen molar-refractivity contribution in [3.8, 4) is 22.8 Å². The van der Waals surface area contributed by atoms with E-state index >= 15 is 0 Å². The number of thiazole rings is 1. The van der Waals surface area contributed by atoms with Crippen LogP contribution in [0.3, 0.4) is 0 Å². The zero-order valence-corrected chi connectivity index (χ0v) is 20.2.